The molecule has 0 bridgehead atoms. The number of carbonyl (C=O) groups is 1. The van der Waals surface area contributed by atoms with Crippen LogP contribution in [0.3, 0.4) is 0 Å². The van der Waals surface area contributed by atoms with E-state index in [9.17, 15) is 9.90 Å². The van der Waals surface area contributed by atoms with Crippen LogP contribution in [0, 0.1) is 5.92 Å². The van der Waals surface area contributed by atoms with Gasteiger partial charge in [0.2, 0.25) is 6.79 Å². The number of aliphatic hydroxyl groups excluding tert-OH is 1. The van der Waals surface area contributed by atoms with Gasteiger partial charge in [0.05, 0.1) is 0 Å². The third kappa shape index (κ3) is 4.15. The molecule has 0 unspecified atom stereocenters. The summed E-state index contributed by atoms with van der Waals surface area (Å²) < 4.78 is 17.3. The summed E-state index contributed by atoms with van der Waals surface area (Å²) in [5, 5.41) is 13.2. The zero-order valence-electron chi connectivity index (χ0n) is 19.4. The van der Waals surface area contributed by atoms with Crippen LogP contribution in [-0.4, -0.2) is 42.4 Å². The summed E-state index contributed by atoms with van der Waals surface area (Å²) >= 11 is 0. The maximum absolute atomic E-state index is 13.7. The van der Waals surface area contributed by atoms with Gasteiger partial charge in [-0.1, -0.05) is 30.3 Å². The first-order valence-corrected chi connectivity index (χ1v) is 12.1. The van der Waals surface area contributed by atoms with E-state index in [2.05, 4.69) is 0 Å². The Morgan fingerprint density at radius 3 is 2.46 bits per heavy atom. The second-order valence-corrected chi connectivity index (χ2v) is 9.25. The molecule has 4 aromatic carbocycles. The molecule has 35 heavy (non-hydrogen) atoms. The Hall–Kier alpha value is -3.77. The van der Waals surface area contributed by atoms with E-state index < -0.39 is 0 Å². The number of likely N-dealkylation sites (tertiary alicyclic amines) is 1. The van der Waals surface area contributed by atoms with Crippen molar-refractivity contribution < 1.29 is 24.1 Å². The maximum atomic E-state index is 13.7. The van der Waals surface area contributed by atoms with Crippen molar-refractivity contribution >= 4 is 27.5 Å². The van der Waals surface area contributed by atoms with Gasteiger partial charge in [-0.3, -0.25) is 4.79 Å². The van der Waals surface area contributed by atoms with Gasteiger partial charge in [-0.15, -0.1) is 0 Å². The van der Waals surface area contributed by atoms with Gasteiger partial charge in [0.25, 0.3) is 5.91 Å². The van der Waals surface area contributed by atoms with Crippen LogP contribution in [0.4, 0.5) is 0 Å². The second kappa shape index (κ2) is 9.12. The number of aliphatic hydroxyl groups is 1. The van der Waals surface area contributed by atoms with Crippen LogP contribution in [0.15, 0.2) is 66.7 Å². The molecule has 6 rings (SSSR count). The van der Waals surface area contributed by atoms with Crippen LogP contribution in [0.1, 0.15) is 28.8 Å². The van der Waals surface area contributed by atoms with Gasteiger partial charge in [-0.05, 0) is 82.3 Å². The molecule has 0 saturated carbocycles. The van der Waals surface area contributed by atoms with Gasteiger partial charge >= 0.3 is 0 Å². The number of ether oxygens (including phenoxy) is 3. The zero-order valence-corrected chi connectivity index (χ0v) is 19.4. The van der Waals surface area contributed by atoms with Crippen molar-refractivity contribution in [2.45, 2.75) is 19.4 Å². The molecule has 0 aliphatic carbocycles. The topological polar surface area (TPSA) is 68.2 Å². The van der Waals surface area contributed by atoms with E-state index in [0.717, 1.165) is 45.7 Å². The van der Waals surface area contributed by atoms with Crippen LogP contribution in [0.5, 0.6) is 17.2 Å². The van der Waals surface area contributed by atoms with Gasteiger partial charge in [0.1, 0.15) is 12.4 Å². The van der Waals surface area contributed by atoms with Crippen LogP contribution < -0.4 is 14.2 Å². The third-order valence-electron chi connectivity index (χ3n) is 7.05. The lowest BCUT2D eigenvalue weighted by Gasteiger charge is -2.31. The Morgan fingerprint density at radius 2 is 1.69 bits per heavy atom. The molecule has 2 heterocycles. The molecule has 4 aromatic rings. The van der Waals surface area contributed by atoms with Crippen molar-refractivity contribution in [1.82, 2.24) is 4.90 Å². The smallest absolute Gasteiger partial charge is 0.254 e. The zero-order chi connectivity index (χ0) is 23.8. The molecule has 0 radical (unpaired) electrons. The number of fused-ring (bicyclic) bond motifs is 4. The summed E-state index contributed by atoms with van der Waals surface area (Å²) in [6.07, 6.45) is 1.65. The number of piperidine rings is 1. The minimum Gasteiger partial charge on any atom is -0.489 e. The lowest BCUT2D eigenvalue weighted by molar-refractivity contribution is 0.0653. The number of nitrogens with zero attached hydrogens (tertiary/aromatic N) is 1. The first-order valence-electron chi connectivity index (χ1n) is 12.1. The first-order chi connectivity index (χ1) is 17.2. The van der Waals surface area contributed by atoms with Crippen LogP contribution in [0.25, 0.3) is 21.5 Å². The highest BCUT2D eigenvalue weighted by atomic mass is 16.7. The molecule has 6 heteroatoms. The molecular weight excluding hydrogens is 442 g/mol. The van der Waals surface area contributed by atoms with Crippen molar-refractivity contribution in [3.63, 3.8) is 0 Å². The predicted molar refractivity (Wildman–Crippen MR) is 134 cm³/mol. The molecule has 0 atom stereocenters. The molecule has 2 aliphatic rings. The fraction of sp³-hybridized carbons (Fsp3) is 0.276. The van der Waals surface area contributed by atoms with Crippen molar-refractivity contribution in [2.24, 2.45) is 5.92 Å². The molecule has 0 spiro atoms. The fourth-order valence-corrected chi connectivity index (χ4v) is 5.02. The minimum absolute atomic E-state index is 0.0175. The monoisotopic (exact) mass is 469 g/mol. The highest BCUT2D eigenvalue weighted by Crippen LogP contribution is 2.41. The summed E-state index contributed by atoms with van der Waals surface area (Å²) in [5.41, 5.74) is 1.76. The van der Waals surface area contributed by atoms with Crippen LogP contribution in [-0.2, 0) is 6.61 Å². The van der Waals surface area contributed by atoms with E-state index in [1.807, 2.05) is 71.6 Å². The average molecular weight is 470 g/mol. The Kier molecular flexibility index (Phi) is 5.66. The van der Waals surface area contributed by atoms with E-state index in [-0.39, 0.29) is 25.2 Å². The van der Waals surface area contributed by atoms with E-state index >= 15 is 0 Å². The Balaban J connectivity index is 1.42. The van der Waals surface area contributed by atoms with Gasteiger partial charge in [-0.25, -0.2) is 0 Å². The lowest BCUT2D eigenvalue weighted by Crippen LogP contribution is -2.39. The predicted octanol–water partition coefficient (Wildman–Crippen LogP) is 5.15. The molecule has 0 aromatic heterocycles. The lowest BCUT2D eigenvalue weighted by atomic mass is 9.94. The molecule has 178 valence electrons. The number of benzene rings is 4. The average Bonchev–Trinajstić information content (AvgIpc) is 3.38. The Labute approximate surface area is 203 Å². The summed E-state index contributed by atoms with van der Waals surface area (Å²) in [7, 11) is 0. The summed E-state index contributed by atoms with van der Waals surface area (Å²) in [5.74, 6) is 2.43. The number of carbonyl (C=O) groups excluding carboxylic acids is 1. The molecule has 2 aliphatic heterocycles. The van der Waals surface area contributed by atoms with E-state index in [4.69, 9.17) is 14.2 Å². The molecule has 1 amide bonds. The molecule has 1 N–H and O–H groups in total. The van der Waals surface area contributed by atoms with Crippen LogP contribution in [0.2, 0.25) is 0 Å². The summed E-state index contributed by atoms with van der Waals surface area (Å²) in [6, 6.07) is 21.9. The second-order valence-electron chi connectivity index (χ2n) is 9.25. The fourth-order valence-electron chi connectivity index (χ4n) is 5.02. The van der Waals surface area contributed by atoms with Crippen molar-refractivity contribution in [2.75, 3.05) is 26.5 Å². The van der Waals surface area contributed by atoms with Crippen molar-refractivity contribution in [3.8, 4) is 17.2 Å². The SMILES string of the molecule is O=C(c1cc2cc3c(cc2c2cc(OCc4ccccc4)ccc12)OCO3)N1CCC(CO)CC1. The van der Waals surface area contributed by atoms with E-state index in [0.29, 0.717) is 36.8 Å². The van der Waals surface area contributed by atoms with Crippen molar-refractivity contribution in [1.29, 1.82) is 0 Å². The quantitative estimate of drug-likeness (QED) is 0.410. The Bertz CT molecular complexity index is 1390. The van der Waals surface area contributed by atoms with Gasteiger partial charge < -0.3 is 24.2 Å². The van der Waals surface area contributed by atoms with E-state index in [1.165, 1.54) is 0 Å². The van der Waals surface area contributed by atoms with Gasteiger partial charge in [0.15, 0.2) is 11.5 Å². The Morgan fingerprint density at radius 1 is 0.914 bits per heavy atom. The first kappa shape index (κ1) is 21.7. The summed E-state index contributed by atoms with van der Waals surface area (Å²) in [4.78, 5) is 15.6. The molecular formula is C29H27NO5. The third-order valence-corrected chi connectivity index (χ3v) is 7.05. The molecule has 1 saturated heterocycles. The van der Waals surface area contributed by atoms with Crippen LogP contribution >= 0.6 is 0 Å². The number of hydrogen-bond donors (Lipinski definition) is 1. The highest BCUT2D eigenvalue weighted by molar-refractivity contribution is 6.18. The number of amides is 1. The molecule has 1 fully saturated rings. The summed E-state index contributed by atoms with van der Waals surface area (Å²) in [6.45, 7) is 2.15. The van der Waals surface area contributed by atoms with E-state index in [1.54, 1.807) is 0 Å². The normalized spacial score (nSPS) is 15.6. The largest absolute Gasteiger partial charge is 0.489 e. The molecule has 6 nitrogen and oxygen atoms in total. The number of hydrogen-bond acceptors (Lipinski definition) is 5. The van der Waals surface area contributed by atoms with Gasteiger partial charge in [-0.2, -0.15) is 0 Å². The van der Waals surface area contributed by atoms with Crippen molar-refractivity contribution in [3.05, 3.63) is 77.9 Å². The number of rotatable bonds is 5. The minimum atomic E-state index is 0.0175. The maximum Gasteiger partial charge on any atom is 0.254 e. The highest BCUT2D eigenvalue weighted by Gasteiger charge is 2.26. The van der Waals surface area contributed by atoms with Gasteiger partial charge in [0, 0.05) is 25.3 Å². The standard InChI is InChI=1S/C29H27NO5/c31-16-19-8-10-30(11-9-19)29(32)26-12-21-13-27-28(35-18-34-27)15-24(21)25-14-22(6-7-23(25)26)33-17-20-4-2-1-3-5-20/h1-7,12-15,19,31H,8-11,16-18H2.